The van der Waals surface area contributed by atoms with Gasteiger partial charge in [0.05, 0.1) is 0 Å². The number of nitrogens with two attached hydrogens (primary N) is 1. The lowest BCUT2D eigenvalue weighted by atomic mass is 9.98. The number of ether oxygens (including phenoxy) is 1. The Morgan fingerprint density at radius 2 is 2.05 bits per heavy atom. The molecule has 0 aliphatic heterocycles. The lowest BCUT2D eigenvalue weighted by Crippen LogP contribution is -2.45. The van der Waals surface area contributed by atoms with E-state index in [1.807, 2.05) is 42.6 Å². The monoisotopic (exact) mass is 302 g/mol. The summed E-state index contributed by atoms with van der Waals surface area (Å²) in [6.07, 6.45) is 4.39. The molecule has 120 valence electrons. The number of hydrogen-bond donors (Lipinski definition) is 3. The average molecular weight is 302 g/mol. The summed E-state index contributed by atoms with van der Waals surface area (Å²) in [6, 6.07) is 11.7. The van der Waals surface area contributed by atoms with Crippen LogP contribution in [0.2, 0.25) is 0 Å². The topological polar surface area (TPSA) is 71.3 Å². The van der Waals surface area contributed by atoms with Gasteiger partial charge in [-0.05, 0) is 43.0 Å². The van der Waals surface area contributed by atoms with Crippen LogP contribution in [0.4, 0.5) is 0 Å². The van der Waals surface area contributed by atoms with Crippen LogP contribution in [0.1, 0.15) is 33.1 Å². The van der Waals surface area contributed by atoms with Crippen molar-refractivity contribution in [3.05, 3.63) is 42.6 Å². The van der Waals surface area contributed by atoms with Crippen molar-refractivity contribution >= 4 is 0 Å². The predicted molar refractivity (Wildman–Crippen MR) is 89.5 cm³/mol. The van der Waals surface area contributed by atoms with Crippen LogP contribution in [0.5, 0.6) is 5.75 Å². The van der Waals surface area contributed by atoms with Crippen LogP contribution in [0.15, 0.2) is 42.6 Å². The van der Waals surface area contributed by atoms with Gasteiger partial charge >= 0.3 is 0 Å². The van der Waals surface area contributed by atoms with Crippen molar-refractivity contribution < 1.29 is 9.84 Å². The Labute approximate surface area is 132 Å². The lowest BCUT2D eigenvalue weighted by Gasteiger charge is -2.25. The van der Waals surface area contributed by atoms with Crippen molar-refractivity contribution in [1.82, 2.24) is 4.98 Å². The smallest absolute Gasteiger partial charge is 0.147 e. The highest BCUT2D eigenvalue weighted by Gasteiger charge is 2.23. The number of benzene rings is 1. The second kappa shape index (κ2) is 7.47. The fourth-order valence-electron chi connectivity index (χ4n) is 2.29. The molecule has 0 bridgehead atoms. The first-order valence-corrected chi connectivity index (χ1v) is 7.88. The Balaban J connectivity index is 1.99. The van der Waals surface area contributed by atoms with Crippen LogP contribution in [-0.4, -0.2) is 22.4 Å². The minimum atomic E-state index is -1.30. The maximum Gasteiger partial charge on any atom is 0.147 e. The fourth-order valence-corrected chi connectivity index (χ4v) is 2.29. The number of hydrogen-bond acceptors (Lipinski definition) is 3. The Morgan fingerprint density at radius 1 is 1.27 bits per heavy atom. The van der Waals surface area contributed by atoms with E-state index in [2.05, 4.69) is 18.8 Å². The van der Waals surface area contributed by atoms with Gasteiger partial charge in [0.1, 0.15) is 18.1 Å². The number of aromatic amines is 1. The van der Waals surface area contributed by atoms with Gasteiger partial charge in [0.15, 0.2) is 0 Å². The SMILES string of the molecule is CCC(C)CCC(N)(O)COc1ccccc1-c1ccc[nH]1. The second-order valence-electron chi connectivity index (χ2n) is 6.02. The molecule has 2 aromatic rings. The summed E-state index contributed by atoms with van der Waals surface area (Å²) >= 11 is 0. The van der Waals surface area contributed by atoms with Crippen molar-refractivity contribution in [1.29, 1.82) is 0 Å². The molecule has 22 heavy (non-hydrogen) atoms. The summed E-state index contributed by atoms with van der Waals surface area (Å²) < 4.78 is 5.80. The molecule has 0 saturated carbocycles. The summed E-state index contributed by atoms with van der Waals surface area (Å²) in [5.41, 5.74) is 6.61. The molecular formula is C18H26N2O2. The molecule has 0 fully saturated rings. The fraction of sp³-hybridized carbons (Fsp3) is 0.444. The van der Waals surface area contributed by atoms with E-state index in [-0.39, 0.29) is 6.61 Å². The van der Waals surface area contributed by atoms with Crippen LogP contribution in [-0.2, 0) is 0 Å². The molecule has 1 heterocycles. The third-order valence-electron chi connectivity index (χ3n) is 4.02. The first kappa shape index (κ1) is 16.6. The molecule has 1 aromatic heterocycles. The van der Waals surface area contributed by atoms with Gasteiger partial charge in [0.25, 0.3) is 0 Å². The highest BCUT2D eigenvalue weighted by molar-refractivity contribution is 5.67. The number of para-hydroxylation sites is 1. The normalized spacial score (nSPS) is 15.3. The van der Waals surface area contributed by atoms with Crippen LogP contribution < -0.4 is 10.5 Å². The van der Waals surface area contributed by atoms with Crippen molar-refractivity contribution in [2.24, 2.45) is 11.7 Å². The Bertz CT molecular complexity index is 564. The van der Waals surface area contributed by atoms with Gasteiger partial charge in [0.2, 0.25) is 0 Å². The second-order valence-corrected chi connectivity index (χ2v) is 6.02. The minimum Gasteiger partial charge on any atom is -0.488 e. The van der Waals surface area contributed by atoms with E-state index in [0.717, 1.165) is 29.8 Å². The third-order valence-corrected chi connectivity index (χ3v) is 4.02. The van der Waals surface area contributed by atoms with Crippen LogP contribution in [0, 0.1) is 5.92 Å². The summed E-state index contributed by atoms with van der Waals surface area (Å²) in [4.78, 5) is 3.16. The first-order chi connectivity index (χ1) is 10.5. The molecule has 0 amide bonds. The summed E-state index contributed by atoms with van der Waals surface area (Å²) in [6.45, 7) is 4.39. The van der Waals surface area contributed by atoms with E-state index < -0.39 is 5.72 Å². The van der Waals surface area contributed by atoms with Crippen molar-refractivity contribution in [2.75, 3.05) is 6.61 Å². The summed E-state index contributed by atoms with van der Waals surface area (Å²) in [5, 5.41) is 10.3. The number of aromatic nitrogens is 1. The molecule has 0 aliphatic carbocycles. The van der Waals surface area contributed by atoms with Gasteiger partial charge in [-0.1, -0.05) is 32.4 Å². The van der Waals surface area contributed by atoms with Crippen molar-refractivity contribution in [3.63, 3.8) is 0 Å². The molecular weight excluding hydrogens is 276 g/mol. The van der Waals surface area contributed by atoms with E-state index in [9.17, 15) is 5.11 Å². The van der Waals surface area contributed by atoms with Crippen LogP contribution in [0.25, 0.3) is 11.3 Å². The zero-order chi connectivity index (χ0) is 16.0. The molecule has 4 N–H and O–H groups in total. The molecule has 0 aliphatic rings. The van der Waals surface area contributed by atoms with E-state index >= 15 is 0 Å². The minimum absolute atomic E-state index is 0.0845. The maximum atomic E-state index is 10.3. The predicted octanol–water partition coefficient (Wildman–Crippen LogP) is 3.53. The quantitative estimate of drug-likeness (QED) is 0.653. The lowest BCUT2D eigenvalue weighted by molar-refractivity contribution is -0.0109. The summed E-state index contributed by atoms with van der Waals surface area (Å²) in [7, 11) is 0. The van der Waals surface area contributed by atoms with Crippen LogP contribution >= 0.6 is 0 Å². The third kappa shape index (κ3) is 4.61. The van der Waals surface area contributed by atoms with Crippen LogP contribution in [0.3, 0.4) is 0 Å². The van der Waals surface area contributed by atoms with Gasteiger partial charge in [-0.25, -0.2) is 0 Å². The molecule has 0 radical (unpaired) electrons. The first-order valence-electron chi connectivity index (χ1n) is 7.88. The van der Waals surface area contributed by atoms with Gasteiger partial charge in [-0.2, -0.15) is 0 Å². The van der Waals surface area contributed by atoms with Gasteiger partial charge in [-0.3, -0.25) is 0 Å². The zero-order valence-corrected chi connectivity index (χ0v) is 13.4. The molecule has 2 unspecified atom stereocenters. The average Bonchev–Trinajstić information content (AvgIpc) is 3.05. The largest absolute Gasteiger partial charge is 0.488 e. The maximum absolute atomic E-state index is 10.3. The summed E-state index contributed by atoms with van der Waals surface area (Å²) in [5.74, 6) is 1.28. The number of nitrogens with one attached hydrogen (secondary N) is 1. The molecule has 4 nitrogen and oxygen atoms in total. The van der Waals surface area contributed by atoms with E-state index in [1.54, 1.807) is 0 Å². The van der Waals surface area contributed by atoms with E-state index in [0.29, 0.717) is 12.3 Å². The van der Waals surface area contributed by atoms with Gasteiger partial charge in [0, 0.05) is 17.5 Å². The van der Waals surface area contributed by atoms with Gasteiger partial charge in [-0.15, -0.1) is 0 Å². The van der Waals surface area contributed by atoms with E-state index in [1.165, 1.54) is 0 Å². The number of H-pyrrole nitrogens is 1. The standard InChI is InChI=1S/C18H26N2O2/c1-3-14(2)10-11-18(19,21)13-22-17-9-5-4-7-15(17)16-8-6-12-20-16/h4-9,12,14,20-21H,3,10-11,13,19H2,1-2H3. The highest BCUT2D eigenvalue weighted by atomic mass is 16.5. The molecule has 4 heteroatoms. The molecule has 2 rings (SSSR count). The van der Waals surface area contributed by atoms with Crippen molar-refractivity contribution in [2.45, 2.75) is 38.8 Å². The molecule has 0 spiro atoms. The van der Waals surface area contributed by atoms with Gasteiger partial charge < -0.3 is 20.6 Å². The van der Waals surface area contributed by atoms with E-state index in [4.69, 9.17) is 10.5 Å². The Morgan fingerprint density at radius 3 is 2.73 bits per heavy atom. The number of rotatable bonds is 8. The molecule has 0 saturated heterocycles. The highest BCUT2D eigenvalue weighted by Crippen LogP contribution is 2.29. The van der Waals surface area contributed by atoms with Crippen molar-refractivity contribution in [3.8, 4) is 17.0 Å². The molecule has 1 aromatic carbocycles. The zero-order valence-electron chi connectivity index (χ0n) is 13.4. The Kier molecular flexibility index (Phi) is 5.63. The Hall–Kier alpha value is -1.78. The number of aliphatic hydroxyl groups is 1. The molecule has 2 atom stereocenters.